The first kappa shape index (κ1) is 32.5. The fourth-order valence-electron chi connectivity index (χ4n) is 6.85. The van der Waals surface area contributed by atoms with Crippen LogP contribution in [-0.4, -0.2) is 63.4 Å². The van der Waals surface area contributed by atoms with Crippen molar-refractivity contribution in [3.05, 3.63) is 64.5 Å². The minimum absolute atomic E-state index is 0.0502. The molecule has 1 spiro atoms. The Morgan fingerprint density at radius 1 is 0.979 bits per heavy atom. The summed E-state index contributed by atoms with van der Waals surface area (Å²) in [6, 6.07) is 9.55. The predicted octanol–water partition coefficient (Wildman–Crippen LogP) is 4.94. The van der Waals surface area contributed by atoms with Gasteiger partial charge in [-0.25, -0.2) is 18.9 Å². The standard InChI is InChI=1S/C35H41FN4O7/c1-33(2,3)46-31(44)38-34(4,5)29(42)37-25-11-12-26-22(17-25)14-15-35(26)30(43)40(32(45)47-35)19-28(41)39-18-23-8-10-24(36)16-21(23)9-13-27(39)20-6-7-20/h8,10-12,16-17,20,27H,6-7,9,13-15,18-19H2,1-5H3,(H,37,42)(H,38,44)/t27-,35+/m1/s1. The third-order valence-corrected chi connectivity index (χ3v) is 9.40. The lowest BCUT2D eigenvalue weighted by molar-refractivity contribution is -0.143. The van der Waals surface area contributed by atoms with E-state index in [0.29, 0.717) is 43.0 Å². The van der Waals surface area contributed by atoms with Crippen molar-refractivity contribution in [2.24, 2.45) is 5.92 Å². The van der Waals surface area contributed by atoms with Crippen molar-refractivity contribution in [1.82, 2.24) is 15.1 Å². The number of nitrogens with one attached hydrogen (secondary N) is 2. The topological polar surface area (TPSA) is 134 Å². The highest BCUT2D eigenvalue weighted by atomic mass is 19.1. The van der Waals surface area contributed by atoms with Gasteiger partial charge in [0.2, 0.25) is 17.4 Å². The molecule has 250 valence electrons. The van der Waals surface area contributed by atoms with E-state index in [4.69, 9.17) is 9.47 Å². The molecular weight excluding hydrogens is 607 g/mol. The van der Waals surface area contributed by atoms with Gasteiger partial charge in [-0.05, 0) is 114 Å². The molecule has 1 saturated carbocycles. The number of fused-ring (bicyclic) bond motifs is 3. The van der Waals surface area contributed by atoms with Crippen LogP contribution in [0.25, 0.3) is 0 Å². The summed E-state index contributed by atoms with van der Waals surface area (Å²) in [6.07, 6.45) is 2.37. The van der Waals surface area contributed by atoms with Crippen molar-refractivity contribution in [1.29, 1.82) is 0 Å². The van der Waals surface area contributed by atoms with Crippen LogP contribution in [0.1, 0.15) is 82.6 Å². The summed E-state index contributed by atoms with van der Waals surface area (Å²) < 4.78 is 25.0. The van der Waals surface area contributed by atoms with Gasteiger partial charge in [-0.1, -0.05) is 12.1 Å². The second-order valence-electron chi connectivity index (χ2n) is 14.5. The molecule has 2 fully saturated rings. The van der Waals surface area contributed by atoms with E-state index < -0.39 is 47.3 Å². The number of halogens is 1. The molecule has 6 rings (SSSR count). The van der Waals surface area contributed by atoms with E-state index in [1.54, 1.807) is 63.8 Å². The molecule has 2 aliphatic carbocycles. The van der Waals surface area contributed by atoms with Gasteiger partial charge in [-0.3, -0.25) is 14.4 Å². The molecule has 12 heteroatoms. The van der Waals surface area contributed by atoms with Gasteiger partial charge in [0, 0.05) is 30.3 Å². The summed E-state index contributed by atoms with van der Waals surface area (Å²) in [5, 5.41) is 5.38. The highest BCUT2D eigenvalue weighted by Gasteiger charge is 2.58. The quantitative estimate of drug-likeness (QED) is 0.453. The maximum Gasteiger partial charge on any atom is 0.418 e. The molecule has 2 heterocycles. The zero-order valence-corrected chi connectivity index (χ0v) is 27.4. The van der Waals surface area contributed by atoms with E-state index in [0.717, 1.165) is 34.4 Å². The third kappa shape index (κ3) is 6.42. The Morgan fingerprint density at radius 2 is 1.72 bits per heavy atom. The van der Waals surface area contributed by atoms with Crippen LogP contribution in [0.3, 0.4) is 0 Å². The first-order chi connectivity index (χ1) is 22.1. The van der Waals surface area contributed by atoms with Gasteiger partial charge in [0.25, 0.3) is 5.91 Å². The predicted molar refractivity (Wildman–Crippen MR) is 168 cm³/mol. The number of benzene rings is 2. The van der Waals surface area contributed by atoms with Crippen LogP contribution in [0.2, 0.25) is 0 Å². The number of anilines is 1. The maximum atomic E-state index is 14.0. The third-order valence-electron chi connectivity index (χ3n) is 9.40. The SMILES string of the molecule is CC(C)(C)OC(=O)NC(C)(C)C(=O)Nc1ccc2c(c1)CC[C@]21OC(=O)N(CC(=O)N2Cc3ccc(F)cc3CC[C@@H]2C2CC2)C1=O. The zero-order chi connectivity index (χ0) is 33.9. The number of hydrogen-bond acceptors (Lipinski definition) is 7. The van der Waals surface area contributed by atoms with Gasteiger partial charge in [0.1, 0.15) is 23.5 Å². The fourth-order valence-corrected chi connectivity index (χ4v) is 6.85. The Kier molecular flexibility index (Phi) is 8.04. The Balaban J connectivity index is 1.15. The molecule has 11 nitrogen and oxygen atoms in total. The van der Waals surface area contributed by atoms with Crippen LogP contribution in [0.4, 0.5) is 19.7 Å². The molecule has 2 N–H and O–H groups in total. The number of imide groups is 1. The summed E-state index contributed by atoms with van der Waals surface area (Å²) in [7, 11) is 0. The lowest BCUT2D eigenvalue weighted by atomic mass is 9.94. The normalized spacial score (nSPS) is 22.4. The van der Waals surface area contributed by atoms with Gasteiger partial charge in [-0.15, -0.1) is 0 Å². The molecule has 2 aliphatic heterocycles. The van der Waals surface area contributed by atoms with E-state index in [1.807, 2.05) is 0 Å². The number of rotatable bonds is 6. The van der Waals surface area contributed by atoms with Gasteiger partial charge in [-0.2, -0.15) is 0 Å². The highest BCUT2D eigenvalue weighted by molar-refractivity contribution is 6.06. The summed E-state index contributed by atoms with van der Waals surface area (Å²) in [5.74, 6) is -1.38. The van der Waals surface area contributed by atoms with Crippen LogP contribution in [0, 0.1) is 11.7 Å². The average Bonchev–Trinajstić information content (AvgIpc) is 3.74. The van der Waals surface area contributed by atoms with Crippen LogP contribution in [-0.2, 0) is 48.8 Å². The lowest BCUT2D eigenvalue weighted by Gasteiger charge is -2.31. The molecule has 2 atom stereocenters. The molecular formula is C35H41FN4O7. The minimum atomic E-state index is -1.55. The van der Waals surface area contributed by atoms with E-state index in [2.05, 4.69) is 10.6 Å². The molecule has 5 amide bonds. The maximum absolute atomic E-state index is 14.0. The van der Waals surface area contributed by atoms with E-state index >= 15 is 0 Å². The number of amides is 5. The fraction of sp³-hybridized carbons (Fsp3) is 0.514. The van der Waals surface area contributed by atoms with E-state index in [1.165, 1.54) is 12.1 Å². The lowest BCUT2D eigenvalue weighted by Crippen LogP contribution is -2.53. The molecule has 0 bridgehead atoms. The number of hydrogen-bond donors (Lipinski definition) is 2. The van der Waals surface area contributed by atoms with Crippen molar-refractivity contribution in [2.75, 3.05) is 11.9 Å². The highest BCUT2D eigenvalue weighted by Crippen LogP contribution is 2.46. The Bertz CT molecular complexity index is 1660. The summed E-state index contributed by atoms with van der Waals surface area (Å²) in [4.78, 5) is 68.9. The Hall–Kier alpha value is -4.48. The van der Waals surface area contributed by atoms with Crippen LogP contribution >= 0.6 is 0 Å². The van der Waals surface area contributed by atoms with E-state index in [9.17, 15) is 28.4 Å². The second kappa shape index (κ2) is 11.6. The molecule has 0 unspecified atom stereocenters. The van der Waals surface area contributed by atoms with Crippen molar-refractivity contribution < 1.29 is 37.8 Å². The molecule has 2 aromatic rings. The number of alkyl carbamates (subject to hydrolysis) is 1. The molecule has 0 radical (unpaired) electrons. The van der Waals surface area contributed by atoms with Crippen molar-refractivity contribution in [2.45, 2.75) is 102 Å². The largest absolute Gasteiger partial charge is 0.444 e. The number of carbonyl (C=O) groups is 5. The van der Waals surface area contributed by atoms with Crippen LogP contribution < -0.4 is 10.6 Å². The van der Waals surface area contributed by atoms with Crippen molar-refractivity contribution in [3.63, 3.8) is 0 Å². The number of aryl methyl sites for hydroxylation is 2. The molecule has 1 saturated heterocycles. The molecule has 4 aliphatic rings. The van der Waals surface area contributed by atoms with Gasteiger partial charge in [0.15, 0.2) is 0 Å². The Labute approximate surface area is 273 Å². The molecule has 0 aromatic heterocycles. The number of carbonyl (C=O) groups excluding carboxylic acids is 5. The molecule has 47 heavy (non-hydrogen) atoms. The van der Waals surface area contributed by atoms with Gasteiger partial charge >= 0.3 is 12.2 Å². The van der Waals surface area contributed by atoms with Crippen molar-refractivity contribution >= 4 is 35.6 Å². The summed E-state index contributed by atoms with van der Waals surface area (Å²) in [6.45, 7) is 8.14. The van der Waals surface area contributed by atoms with Crippen LogP contribution in [0.5, 0.6) is 0 Å². The first-order valence-corrected chi connectivity index (χ1v) is 16.1. The smallest absolute Gasteiger partial charge is 0.418 e. The summed E-state index contributed by atoms with van der Waals surface area (Å²) >= 11 is 0. The second-order valence-corrected chi connectivity index (χ2v) is 14.5. The Morgan fingerprint density at radius 3 is 2.43 bits per heavy atom. The van der Waals surface area contributed by atoms with Gasteiger partial charge in [0.05, 0.1) is 0 Å². The first-order valence-electron chi connectivity index (χ1n) is 16.1. The summed E-state index contributed by atoms with van der Waals surface area (Å²) in [5.41, 5.74) is -0.148. The average molecular weight is 649 g/mol. The van der Waals surface area contributed by atoms with Crippen molar-refractivity contribution in [3.8, 4) is 0 Å². The van der Waals surface area contributed by atoms with E-state index in [-0.39, 0.29) is 24.2 Å². The zero-order valence-electron chi connectivity index (χ0n) is 27.4. The van der Waals surface area contributed by atoms with Crippen LogP contribution in [0.15, 0.2) is 36.4 Å². The number of nitrogens with zero attached hydrogens (tertiary/aromatic N) is 2. The number of ether oxygens (including phenoxy) is 2. The monoisotopic (exact) mass is 648 g/mol. The van der Waals surface area contributed by atoms with Gasteiger partial charge < -0.3 is 25.0 Å². The minimum Gasteiger partial charge on any atom is -0.444 e. The molecule has 2 aromatic carbocycles.